The van der Waals surface area contributed by atoms with Crippen LogP contribution in [-0.4, -0.2) is 29.5 Å². The summed E-state index contributed by atoms with van der Waals surface area (Å²) in [6.07, 6.45) is 0.777. The van der Waals surface area contributed by atoms with E-state index in [1.807, 2.05) is 0 Å². The maximum atomic E-state index is 13.3. The Labute approximate surface area is 104 Å². The van der Waals surface area contributed by atoms with E-state index in [4.69, 9.17) is 0 Å². The molecule has 0 unspecified atom stereocenters. The summed E-state index contributed by atoms with van der Waals surface area (Å²) < 4.78 is 13.3. The van der Waals surface area contributed by atoms with Gasteiger partial charge in [-0.2, -0.15) is 0 Å². The number of nitrogens with one attached hydrogen (secondary N) is 2. The van der Waals surface area contributed by atoms with Crippen LogP contribution in [0.1, 0.15) is 11.3 Å². The molecule has 0 atom stereocenters. The lowest BCUT2D eigenvalue weighted by molar-refractivity contribution is 0.195. The molecular weight excluding hydrogens is 233 g/mol. The second kappa shape index (κ2) is 4.01. The standard InChI is InChI=1S/C13H14FN3O/c1-15-13(18)17-5-4-12-10(7-17)9-6-8(14)2-3-11(9)16-12/h2-3,6,16H,4-5,7H2,1H3,(H,15,18). The number of halogens is 1. The number of aromatic amines is 1. The van der Waals surface area contributed by atoms with Gasteiger partial charge in [-0.05, 0) is 18.2 Å². The Hall–Kier alpha value is -2.04. The first-order valence-corrected chi connectivity index (χ1v) is 5.94. The number of hydrogen-bond acceptors (Lipinski definition) is 1. The van der Waals surface area contributed by atoms with Crippen molar-refractivity contribution in [3.63, 3.8) is 0 Å². The zero-order valence-electron chi connectivity index (χ0n) is 10.1. The highest BCUT2D eigenvalue weighted by Crippen LogP contribution is 2.28. The number of nitrogens with zero attached hydrogens (tertiary/aromatic N) is 1. The lowest BCUT2D eigenvalue weighted by Crippen LogP contribution is -2.41. The van der Waals surface area contributed by atoms with E-state index in [9.17, 15) is 9.18 Å². The summed E-state index contributed by atoms with van der Waals surface area (Å²) in [6, 6.07) is 4.62. The van der Waals surface area contributed by atoms with Crippen molar-refractivity contribution in [3.8, 4) is 0 Å². The van der Waals surface area contributed by atoms with Gasteiger partial charge in [0.15, 0.2) is 0 Å². The summed E-state index contributed by atoms with van der Waals surface area (Å²) >= 11 is 0. The number of rotatable bonds is 0. The minimum absolute atomic E-state index is 0.0913. The molecule has 2 aromatic rings. The molecule has 2 N–H and O–H groups in total. The van der Waals surface area contributed by atoms with Crippen LogP contribution in [0.3, 0.4) is 0 Å². The summed E-state index contributed by atoms with van der Waals surface area (Å²) in [4.78, 5) is 16.7. The topological polar surface area (TPSA) is 48.1 Å². The number of hydrogen-bond donors (Lipinski definition) is 2. The number of carbonyl (C=O) groups is 1. The maximum Gasteiger partial charge on any atom is 0.317 e. The first kappa shape index (κ1) is 11.1. The molecule has 0 spiro atoms. The zero-order chi connectivity index (χ0) is 12.7. The molecule has 0 saturated carbocycles. The maximum absolute atomic E-state index is 13.3. The molecule has 1 aliphatic heterocycles. The number of fused-ring (bicyclic) bond motifs is 3. The molecule has 2 amide bonds. The van der Waals surface area contributed by atoms with E-state index in [-0.39, 0.29) is 11.8 Å². The van der Waals surface area contributed by atoms with E-state index >= 15 is 0 Å². The van der Waals surface area contributed by atoms with Crippen molar-refractivity contribution in [2.45, 2.75) is 13.0 Å². The number of benzene rings is 1. The molecular formula is C13H14FN3O. The third kappa shape index (κ3) is 1.63. The van der Waals surface area contributed by atoms with E-state index in [1.165, 1.54) is 12.1 Å². The fraction of sp³-hybridized carbons (Fsp3) is 0.308. The summed E-state index contributed by atoms with van der Waals surface area (Å²) in [5.74, 6) is -0.249. The van der Waals surface area contributed by atoms with E-state index in [0.29, 0.717) is 13.1 Å². The van der Waals surface area contributed by atoms with Crippen molar-refractivity contribution < 1.29 is 9.18 Å². The van der Waals surface area contributed by atoms with Crippen molar-refractivity contribution in [1.82, 2.24) is 15.2 Å². The smallest absolute Gasteiger partial charge is 0.317 e. The molecule has 0 bridgehead atoms. The van der Waals surface area contributed by atoms with Gasteiger partial charge >= 0.3 is 6.03 Å². The molecule has 1 aromatic carbocycles. The highest BCUT2D eigenvalue weighted by molar-refractivity contribution is 5.86. The summed E-state index contributed by atoms with van der Waals surface area (Å²) in [7, 11) is 1.62. The van der Waals surface area contributed by atoms with Gasteiger partial charge < -0.3 is 15.2 Å². The van der Waals surface area contributed by atoms with Crippen LogP contribution in [0.4, 0.5) is 9.18 Å². The number of H-pyrrole nitrogens is 1. The molecule has 18 heavy (non-hydrogen) atoms. The largest absolute Gasteiger partial charge is 0.358 e. The fourth-order valence-corrected chi connectivity index (χ4v) is 2.52. The van der Waals surface area contributed by atoms with Gasteiger partial charge in [0, 0.05) is 48.7 Å². The Bertz CT molecular complexity index is 620. The van der Waals surface area contributed by atoms with Crippen LogP contribution >= 0.6 is 0 Å². The van der Waals surface area contributed by atoms with Gasteiger partial charge in [-0.25, -0.2) is 9.18 Å². The molecule has 0 aliphatic carbocycles. The third-order valence-corrected chi connectivity index (χ3v) is 3.44. The van der Waals surface area contributed by atoms with Gasteiger partial charge in [-0.3, -0.25) is 0 Å². The molecule has 1 aromatic heterocycles. The van der Waals surface area contributed by atoms with Crippen LogP contribution in [0.5, 0.6) is 0 Å². The lowest BCUT2D eigenvalue weighted by Gasteiger charge is -2.26. The van der Waals surface area contributed by atoms with Crippen molar-refractivity contribution in [2.75, 3.05) is 13.6 Å². The SMILES string of the molecule is CNC(=O)N1CCc2[nH]c3ccc(F)cc3c2C1. The molecule has 1 aliphatic rings. The predicted molar refractivity (Wildman–Crippen MR) is 66.8 cm³/mol. The van der Waals surface area contributed by atoms with E-state index in [2.05, 4.69) is 10.3 Å². The Balaban J connectivity index is 2.05. The van der Waals surface area contributed by atoms with E-state index in [0.717, 1.165) is 28.6 Å². The second-order valence-electron chi connectivity index (χ2n) is 4.50. The van der Waals surface area contributed by atoms with E-state index < -0.39 is 0 Å². The highest BCUT2D eigenvalue weighted by atomic mass is 19.1. The molecule has 5 heteroatoms. The van der Waals surface area contributed by atoms with Crippen LogP contribution in [0, 0.1) is 5.82 Å². The van der Waals surface area contributed by atoms with Crippen molar-refractivity contribution in [1.29, 1.82) is 0 Å². The third-order valence-electron chi connectivity index (χ3n) is 3.44. The van der Waals surface area contributed by atoms with Crippen LogP contribution in [0.15, 0.2) is 18.2 Å². The Kier molecular flexibility index (Phi) is 2.47. The van der Waals surface area contributed by atoms with Gasteiger partial charge in [0.2, 0.25) is 0 Å². The minimum Gasteiger partial charge on any atom is -0.358 e. The summed E-state index contributed by atoms with van der Waals surface area (Å²) in [5, 5.41) is 3.49. The first-order chi connectivity index (χ1) is 8.69. The number of amides is 2. The van der Waals surface area contributed by atoms with Crippen molar-refractivity contribution in [2.24, 2.45) is 0 Å². The molecule has 94 valence electrons. The fourth-order valence-electron chi connectivity index (χ4n) is 2.52. The monoisotopic (exact) mass is 247 g/mol. The van der Waals surface area contributed by atoms with Crippen LogP contribution in [-0.2, 0) is 13.0 Å². The normalized spacial score (nSPS) is 14.7. The quantitative estimate of drug-likeness (QED) is 0.735. The molecule has 0 radical (unpaired) electrons. The van der Waals surface area contributed by atoms with E-state index in [1.54, 1.807) is 18.0 Å². The average Bonchev–Trinajstić information content (AvgIpc) is 2.75. The lowest BCUT2D eigenvalue weighted by atomic mass is 10.0. The predicted octanol–water partition coefficient (Wildman–Crippen LogP) is 2.00. The Morgan fingerprint density at radius 1 is 1.50 bits per heavy atom. The minimum atomic E-state index is -0.249. The molecule has 4 nitrogen and oxygen atoms in total. The van der Waals surface area contributed by atoms with Gasteiger partial charge in [0.05, 0.1) is 0 Å². The van der Waals surface area contributed by atoms with Gasteiger partial charge in [0.1, 0.15) is 5.82 Å². The van der Waals surface area contributed by atoms with Crippen molar-refractivity contribution in [3.05, 3.63) is 35.3 Å². The first-order valence-electron chi connectivity index (χ1n) is 5.94. The number of carbonyl (C=O) groups excluding carboxylic acids is 1. The van der Waals surface area contributed by atoms with Crippen LogP contribution in [0.25, 0.3) is 10.9 Å². The van der Waals surface area contributed by atoms with Crippen LogP contribution in [0.2, 0.25) is 0 Å². The van der Waals surface area contributed by atoms with Gasteiger partial charge in [0.25, 0.3) is 0 Å². The Morgan fingerprint density at radius 2 is 2.33 bits per heavy atom. The van der Waals surface area contributed by atoms with Gasteiger partial charge in [-0.15, -0.1) is 0 Å². The number of urea groups is 1. The Morgan fingerprint density at radius 3 is 3.11 bits per heavy atom. The summed E-state index contributed by atoms with van der Waals surface area (Å²) in [6.45, 7) is 1.21. The molecule has 0 fully saturated rings. The second-order valence-corrected chi connectivity index (χ2v) is 4.50. The highest BCUT2D eigenvalue weighted by Gasteiger charge is 2.23. The average molecular weight is 247 g/mol. The van der Waals surface area contributed by atoms with Gasteiger partial charge in [-0.1, -0.05) is 0 Å². The zero-order valence-corrected chi connectivity index (χ0v) is 10.1. The molecule has 0 saturated heterocycles. The number of aromatic nitrogens is 1. The molecule has 3 rings (SSSR count). The van der Waals surface area contributed by atoms with Crippen LogP contribution < -0.4 is 5.32 Å². The molecule has 2 heterocycles. The summed E-state index contributed by atoms with van der Waals surface area (Å²) in [5.41, 5.74) is 3.07. The van der Waals surface area contributed by atoms with Crippen molar-refractivity contribution >= 4 is 16.9 Å².